The monoisotopic (exact) mass is 264 g/mol. The summed E-state index contributed by atoms with van der Waals surface area (Å²) in [5.74, 6) is 0. The fourth-order valence-corrected chi connectivity index (χ4v) is 2.67. The fraction of sp³-hybridized carbons (Fsp3) is 0.364. The SMILES string of the molecule is C=C[CH2][Ru][C](=O)C1=C(CC)C=CC1. The van der Waals surface area contributed by atoms with Crippen molar-refractivity contribution >= 4 is 4.38 Å². The van der Waals surface area contributed by atoms with Gasteiger partial charge in [0.15, 0.2) is 0 Å². The maximum absolute atomic E-state index is 11.7. The minimum atomic E-state index is -0.166. The van der Waals surface area contributed by atoms with Crippen LogP contribution in [-0.4, -0.2) is 4.38 Å². The van der Waals surface area contributed by atoms with Crippen LogP contribution < -0.4 is 0 Å². The number of carbonyl (C=O) groups excluding carboxylic acids is 1. The van der Waals surface area contributed by atoms with E-state index in [1.807, 2.05) is 6.08 Å². The van der Waals surface area contributed by atoms with Gasteiger partial charge in [0.25, 0.3) is 0 Å². The zero-order valence-electron chi connectivity index (χ0n) is 7.82. The average molecular weight is 263 g/mol. The van der Waals surface area contributed by atoms with Gasteiger partial charge in [-0.3, -0.25) is 0 Å². The van der Waals surface area contributed by atoms with Gasteiger partial charge in [0.05, 0.1) is 0 Å². The second-order valence-corrected chi connectivity index (χ2v) is 4.90. The summed E-state index contributed by atoms with van der Waals surface area (Å²) in [6, 6.07) is 0. The van der Waals surface area contributed by atoms with Crippen LogP contribution in [0.5, 0.6) is 0 Å². The standard InChI is InChI=1S/C8H9O.C3H5.Ru/c1-2-7-4-3-5-8(7)6-9;1-3-2;/h3-4H,2,5H2,1H3;3H,1-2H2;. The molecule has 0 fully saturated rings. The molecule has 0 aromatic rings. The predicted octanol–water partition coefficient (Wildman–Crippen LogP) is 2.87. The van der Waals surface area contributed by atoms with Crippen LogP contribution in [0.15, 0.2) is 36.0 Å². The summed E-state index contributed by atoms with van der Waals surface area (Å²) in [5, 5.41) is 0.881. The van der Waals surface area contributed by atoms with E-state index in [1.54, 1.807) is 0 Å². The molecule has 1 nitrogen and oxygen atoms in total. The molecule has 0 aliphatic heterocycles. The summed E-state index contributed by atoms with van der Waals surface area (Å²) >= 11 is -0.166. The van der Waals surface area contributed by atoms with E-state index < -0.39 is 0 Å². The summed E-state index contributed by atoms with van der Waals surface area (Å²) in [4.78, 5) is 11.7. The molecule has 0 saturated heterocycles. The molecule has 0 saturated carbocycles. The van der Waals surface area contributed by atoms with Crippen molar-refractivity contribution in [1.82, 2.24) is 0 Å². The van der Waals surface area contributed by atoms with Gasteiger partial charge >= 0.3 is 87.0 Å². The van der Waals surface area contributed by atoms with E-state index in [1.165, 1.54) is 5.57 Å². The molecule has 72 valence electrons. The van der Waals surface area contributed by atoms with Gasteiger partial charge in [0.2, 0.25) is 0 Å². The maximum atomic E-state index is 11.7. The van der Waals surface area contributed by atoms with E-state index in [-0.39, 0.29) is 17.1 Å². The molecule has 1 aliphatic carbocycles. The third-order valence-corrected chi connectivity index (χ3v) is 3.87. The van der Waals surface area contributed by atoms with Crippen molar-refractivity contribution in [2.75, 3.05) is 0 Å². The zero-order valence-corrected chi connectivity index (χ0v) is 9.56. The Morgan fingerprint density at radius 3 is 3.15 bits per heavy atom. The van der Waals surface area contributed by atoms with Gasteiger partial charge < -0.3 is 0 Å². The van der Waals surface area contributed by atoms with Gasteiger partial charge in [-0.1, -0.05) is 0 Å². The topological polar surface area (TPSA) is 17.1 Å². The van der Waals surface area contributed by atoms with Gasteiger partial charge in [0, 0.05) is 0 Å². The Morgan fingerprint density at radius 1 is 1.77 bits per heavy atom. The van der Waals surface area contributed by atoms with Crippen molar-refractivity contribution in [3.63, 3.8) is 0 Å². The summed E-state index contributed by atoms with van der Waals surface area (Å²) < 4.78 is 0.383. The molecule has 0 aromatic carbocycles. The second-order valence-electron chi connectivity index (χ2n) is 2.78. The Balaban J connectivity index is 2.61. The quantitative estimate of drug-likeness (QED) is 0.550. The first kappa shape index (κ1) is 10.6. The van der Waals surface area contributed by atoms with E-state index in [4.69, 9.17) is 0 Å². The molecule has 0 bridgehead atoms. The summed E-state index contributed by atoms with van der Waals surface area (Å²) in [5.41, 5.74) is 2.30. The molecule has 0 spiro atoms. The van der Waals surface area contributed by atoms with Gasteiger partial charge in [-0.05, 0) is 0 Å². The van der Waals surface area contributed by atoms with Crippen molar-refractivity contribution in [2.24, 2.45) is 0 Å². The Kier molecular flexibility index (Phi) is 4.31. The van der Waals surface area contributed by atoms with Crippen LogP contribution in [0, 0.1) is 0 Å². The molecule has 2 heteroatoms. The van der Waals surface area contributed by atoms with Crippen LogP contribution >= 0.6 is 0 Å². The number of rotatable bonds is 5. The average Bonchev–Trinajstić information content (AvgIpc) is 2.61. The molecule has 1 rings (SSSR count). The molecule has 0 unspecified atom stereocenters. The van der Waals surface area contributed by atoms with Gasteiger partial charge in [-0.15, -0.1) is 0 Å². The molecule has 0 heterocycles. The van der Waals surface area contributed by atoms with Gasteiger partial charge in [0.1, 0.15) is 0 Å². The number of hydrogen-bond acceptors (Lipinski definition) is 1. The van der Waals surface area contributed by atoms with Gasteiger partial charge in [-0.2, -0.15) is 0 Å². The van der Waals surface area contributed by atoms with Crippen LogP contribution in [0.2, 0.25) is 5.02 Å². The van der Waals surface area contributed by atoms with Crippen molar-refractivity contribution in [3.05, 3.63) is 36.0 Å². The van der Waals surface area contributed by atoms with Crippen LogP contribution in [-0.2, 0) is 21.9 Å². The Labute approximate surface area is 87.2 Å². The molecule has 0 atom stereocenters. The fourth-order valence-electron chi connectivity index (χ4n) is 1.27. The normalized spacial score (nSPS) is 15.5. The van der Waals surface area contributed by atoms with Crippen LogP contribution in [0.3, 0.4) is 0 Å². The third-order valence-electron chi connectivity index (χ3n) is 1.93. The minimum absolute atomic E-state index is 0.166. The summed E-state index contributed by atoms with van der Waals surface area (Å²) in [6.45, 7) is 5.74. The number of hydrogen-bond donors (Lipinski definition) is 0. The number of carbonyl (C=O) groups is 1. The molecule has 0 aromatic heterocycles. The van der Waals surface area contributed by atoms with E-state index in [0.29, 0.717) is 4.38 Å². The first-order chi connectivity index (χ1) is 6.29. The van der Waals surface area contributed by atoms with Gasteiger partial charge in [-0.25, -0.2) is 0 Å². The number of allylic oxidation sites excluding steroid dienone is 5. The van der Waals surface area contributed by atoms with E-state index in [9.17, 15) is 4.79 Å². The van der Waals surface area contributed by atoms with Crippen LogP contribution in [0.1, 0.15) is 19.8 Å². The summed E-state index contributed by atoms with van der Waals surface area (Å²) in [7, 11) is 0. The molecule has 0 radical (unpaired) electrons. The van der Waals surface area contributed by atoms with E-state index in [0.717, 1.165) is 23.4 Å². The second kappa shape index (κ2) is 5.29. The Bertz CT molecular complexity index is 274. The van der Waals surface area contributed by atoms with Crippen LogP contribution in [0.4, 0.5) is 0 Å². The molecular formula is C11H14ORu. The molecular weight excluding hydrogens is 249 g/mol. The predicted molar refractivity (Wildman–Crippen MR) is 51.1 cm³/mol. The first-order valence-electron chi connectivity index (χ1n) is 4.39. The molecule has 0 amide bonds. The van der Waals surface area contributed by atoms with Crippen LogP contribution in [0.25, 0.3) is 0 Å². The van der Waals surface area contributed by atoms with Crippen molar-refractivity contribution < 1.29 is 21.9 Å². The van der Waals surface area contributed by atoms with Crippen molar-refractivity contribution in [2.45, 2.75) is 24.8 Å². The van der Waals surface area contributed by atoms with E-state index >= 15 is 0 Å². The van der Waals surface area contributed by atoms with Crippen molar-refractivity contribution in [3.8, 4) is 0 Å². The molecule has 1 aliphatic rings. The van der Waals surface area contributed by atoms with E-state index in [2.05, 4.69) is 25.7 Å². The molecule has 13 heavy (non-hydrogen) atoms. The summed E-state index contributed by atoms with van der Waals surface area (Å²) in [6.07, 6.45) is 7.84. The first-order valence-corrected chi connectivity index (χ1v) is 6.49. The zero-order chi connectivity index (χ0) is 9.68. The van der Waals surface area contributed by atoms with Crippen molar-refractivity contribution in [1.29, 1.82) is 0 Å². The third kappa shape index (κ3) is 2.74. The Hall–Kier alpha value is -0.487. The molecule has 0 N–H and O–H groups in total. The Morgan fingerprint density at radius 2 is 2.54 bits per heavy atom.